The Morgan fingerprint density at radius 1 is 1.47 bits per heavy atom. The summed E-state index contributed by atoms with van der Waals surface area (Å²) < 4.78 is 4.99. The van der Waals surface area contributed by atoms with Crippen LogP contribution in [0.25, 0.3) is 11.4 Å². The fraction of sp³-hybridized carbons (Fsp3) is 0.308. The lowest BCUT2D eigenvalue weighted by molar-refractivity contribution is -0.118. The van der Waals surface area contributed by atoms with Gasteiger partial charge in [0.2, 0.25) is 17.6 Å². The van der Waals surface area contributed by atoms with Gasteiger partial charge in [0.05, 0.1) is 12.5 Å². The van der Waals surface area contributed by atoms with E-state index in [0.717, 1.165) is 16.8 Å². The predicted molar refractivity (Wildman–Crippen MR) is 69.5 cm³/mol. The van der Waals surface area contributed by atoms with Crippen molar-refractivity contribution in [2.24, 2.45) is 5.73 Å². The number of carbonyl (C=O) groups excluding carboxylic acids is 1. The van der Waals surface area contributed by atoms with Gasteiger partial charge in [0.1, 0.15) is 0 Å². The summed E-state index contributed by atoms with van der Waals surface area (Å²) in [5, 5.41) is 3.88. The lowest BCUT2D eigenvalue weighted by Gasteiger charge is -2.09. The summed E-state index contributed by atoms with van der Waals surface area (Å²) in [6.45, 7) is 2.12. The molecule has 1 aliphatic heterocycles. The second-order valence-corrected chi connectivity index (χ2v) is 4.61. The van der Waals surface area contributed by atoms with E-state index in [1.54, 1.807) is 11.9 Å². The van der Waals surface area contributed by atoms with Gasteiger partial charge in [-0.05, 0) is 30.7 Å². The highest BCUT2D eigenvalue weighted by atomic mass is 16.5. The van der Waals surface area contributed by atoms with Crippen molar-refractivity contribution in [1.29, 1.82) is 0 Å². The van der Waals surface area contributed by atoms with E-state index < -0.39 is 0 Å². The van der Waals surface area contributed by atoms with Gasteiger partial charge in [0.25, 0.3) is 0 Å². The number of hydrogen-bond donors (Lipinski definition) is 1. The number of carbonyl (C=O) groups is 1. The Hall–Kier alpha value is -2.21. The van der Waals surface area contributed by atoms with Crippen molar-refractivity contribution < 1.29 is 9.32 Å². The lowest BCUT2D eigenvalue weighted by Crippen LogP contribution is -2.22. The highest BCUT2D eigenvalue weighted by molar-refractivity contribution is 6.04. The number of anilines is 1. The lowest BCUT2D eigenvalue weighted by atomic mass is 10.0. The second kappa shape index (κ2) is 4.17. The van der Waals surface area contributed by atoms with Gasteiger partial charge in [-0.25, -0.2) is 0 Å². The molecule has 1 amide bonds. The molecule has 0 aliphatic carbocycles. The van der Waals surface area contributed by atoms with Gasteiger partial charge in [-0.1, -0.05) is 5.16 Å². The molecule has 1 unspecified atom stereocenters. The van der Waals surface area contributed by atoms with Crippen LogP contribution in [0, 0.1) is 0 Å². The van der Waals surface area contributed by atoms with Crippen LogP contribution in [0.1, 0.15) is 24.3 Å². The fourth-order valence-corrected chi connectivity index (χ4v) is 2.34. The monoisotopic (exact) mass is 258 g/mol. The molecule has 1 aliphatic rings. The second-order valence-electron chi connectivity index (χ2n) is 4.61. The maximum Gasteiger partial charge on any atom is 0.240 e. The molecule has 1 atom stereocenters. The zero-order valence-electron chi connectivity index (χ0n) is 10.8. The third kappa shape index (κ3) is 1.72. The highest BCUT2D eigenvalue weighted by Crippen LogP contribution is 2.38. The van der Waals surface area contributed by atoms with Crippen LogP contribution in [0.4, 0.5) is 5.69 Å². The van der Waals surface area contributed by atoms with Crippen molar-refractivity contribution >= 4 is 11.6 Å². The van der Waals surface area contributed by atoms with Gasteiger partial charge in [-0.2, -0.15) is 4.98 Å². The van der Waals surface area contributed by atoms with Crippen LogP contribution in [0.5, 0.6) is 0 Å². The van der Waals surface area contributed by atoms with E-state index in [0.29, 0.717) is 11.7 Å². The Labute approximate surface area is 110 Å². The van der Waals surface area contributed by atoms with Crippen LogP contribution < -0.4 is 10.6 Å². The molecule has 2 heterocycles. The third-order valence-electron chi connectivity index (χ3n) is 3.46. The third-order valence-corrected chi connectivity index (χ3v) is 3.46. The van der Waals surface area contributed by atoms with Gasteiger partial charge in [0, 0.05) is 18.3 Å². The molecule has 19 heavy (non-hydrogen) atoms. The van der Waals surface area contributed by atoms with Crippen LogP contribution in [0.15, 0.2) is 22.7 Å². The van der Waals surface area contributed by atoms with Crippen LogP contribution in [0.2, 0.25) is 0 Å². The summed E-state index contributed by atoms with van der Waals surface area (Å²) in [6, 6.07) is 5.73. The Balaban J connectivity index is 2.05. The van der Waals surface area contributed by atoms with E-state index in [1.165, 1.54) is 0 Å². The van der Waals surface area contributed by atoms with E-state index in [-0.39, 0.29) is 18.4 Å². The zero-order valence-corrected chi connectivity index (χ0v) is 10.8. The average Bonchev–Trinajstić information content (AvgIpc) is 2.99. The summed E-state index contributed by atoms with van der Waals surface area (Å²) in [6.07, 6.45) is 0. The number of hydrogen-bond acceptors (Lipinski definition) is 5. The van der Waals surface area contributed by atoms with E-state index in [2.05, 4.69) is 10.1 Å². The van der Waals surface area contributed by atoms with Crippen LogP contribution in [-0.4, -0.2) is 23.1 Å². The molecule has 2 aromatic rings. The molecule has 0 saturated carbocycles. The quantitative estimate of drug-likeness (QED) is 0.876. The summed E-state index contributed by atoms with van der Waals surface area (Å²) in [5.74, 6) is 0.859. The van der Waals surface area contributed by atoms with Crippen LogP contribution >= 0.6 is 0 Å². The molecule has 6 heteroatoms. The van der Waals surface area contributed by atoms with Gasteiger partial charge < -0.3 is 15.2 Å². The molecule has 98 valence electrons. The van der Waals surface area contributed by atoms with Crippen molar-refractivity contribution in [2.45, 2.75) is 19.4 Å². The number of aromatic nitrogens is 2. The summed E-state index contributed by atoms with van der Waals surface area (Å²) in [7, 11) is 1.78. The molecule has 0 radical (unpaired) electrons. The molecule has 1 aromatic carbocycles. The highest BCUT2D eigenvalue weighted by Gasteiger charge is 2.32. The molecular formula is C13H14N4O2. The van der Waals surface area contributed by atoms with Gasteiger partial charge >= 0.3 is 0 Å². The number of benzene rings is 1. The molecule has 0 bridgehead atoms. The Bertz CT molecular complexity index is 650. The minimum absolute atomic E-state index is 0.0999. The van der Waals surface area contributed by atoms with Crippen molar-refractivity contribution in [3.63, 3.8) is 0 Å². The SMILES string of the molecule is CC1C(=O)N(C)c2ccc(-c3noc(CN)n3)cc21. The molecule has 0 spiro atoms. The van der Waals surface area contributed by atoms with Crippen LogP contribution in [0.3, 0.4) is 0 Å². The van der Waals surface area contributed by atoms with Crippen molar-refractivity contribution in [3.8, 4) is 11.4 Å². The van der Waals surface area contributed by atoms with E-state index >= 15 is 0 Å². The average molecular weight is 258 g/mol. The molecular weight excluding hydrogens is 244 g/mol. The van der Waals surface area contributed by atoms with E-state index in [1.807, 2.05) is 25.1 Å². The summed E-state index contributed by atoms with van der Waals surface area (Å²) in [5.41, 5.74) is 8.20. The van der Waals surface area contributed by atoms with Crippen molar-refractivity contribution in [2.75, 3.05) is 11.9 Å². The number of likely N-dealkylation sites (N-methyl/N-ethyl adjacent to an activating group) is 1. The summed E-state index contributed by atoms with van der Waals surface area (Å²) >= 11 is 0. The first-order valence-corrected chi connectivity index (χ1v) is 6.06. The zero-order chi connectivity index (χ0) is 13.6. The predicted octanol–water partition coefficient (Wildman–Crippen LogP) is 1.28. The maximum atomic E-state index is 11.9. The fourth-order valence-electron chi connectivity index (χ4n) is 2.34. The molecule has 2 N–H and O–H groups in total. The van der Waals surface area contributed by atoms with Gasteiger partial charge in [-0.3, -0.25) is 4.79 Å². The minimum Gasteiger partial charge on any atom is -0.338 e. The number of nitrogens with zero attached hydrogens (tertiary/aromatic N) is 3. The number of fused-ring (bicyclic) bond motifs is 1. The Kier molecular flexibility index (Phi) is 2.60. The maximum absolute atomic E-state index is 11.9. The first-order valence-electron chi connectivity index (χ1n) is 6.06. The normalized spacial score (nSPS) is 17.9. The van der Waals surface area contributed by atoms with Crippen LogP contribution in [-0.2, 0) is 11.3 Å². The van der Waals surface area contributed by atoms with Gasteiger partial charge in [0.15, 0.2) is 0 Å². The number of nitrogens with two attached hydrogens (primary N) is 1. The molecule has 6 nitrogen and oxygen atoms in total. The first kappa shape index (κ1) is 11.9. The number of amides is 1. The number of rotatable bonds is 2. The Morgan fingerprint density at radius 3 is 2.95 bits per heavy atom. The molecule has 0 fully saturated rings. The molecule has 3 rings (SSSR count). The van der Waals surface area contributed by atoms with E-state index in [9.17, 15) is 4.79 Å². The largest absolute Gasteiger partial charge is 0.338 e. The molecule has 1 aromatic heterocycles. The molecule has 0 saturated heterocycles. The Morgan fingerprint density at radius 2 is 2.26 bits per heavy atom. The summed E-state index contributed by atoms with van der Waals surface area (Å²) in [4.78, 5) is 17.8. The minimum atomic E-state index is -0.138. The standard InChI is InChI=1S/C13H14N4O2/c1-7-9-5-8(12-15-11(6-14)19-16-12)3-4-10(9)17(2)13(7)18/h3-5,7H,6,14H2,1-2H3. The van der Waals surface area contributed by atoms with Gasteiger partial charge in [-0.15, -0.1) is 0 Å². The smallest absolute Gasteiger partial charge is 0.240 e. The first-order chi connectivity index (χ1) is 9.11. The van der Waals surface area contributed by atoms with Crippen molar-refractivity contribution in [3.05, 3.63) is 29.7 Å². The topological polar surface area (TPSA) is 85.2 Å². The van der Waals surface area contributed by atoms with Crippen molar-refractivity contribution in [1.82, 2.24) is 10.1 Å². The van der Waals surface area contributed by atoms with E-state index in [4.69, 9.17) is 10.3 Å².